The number of rotatable bonds is 13. The lowest BCUT2D eigenvalue weighted by Crippen LogP contribution is -2.26. The number of carbonyl (C=O) groups is 4. The molecule has 0 aliphatic heterocycles. The average Bonchev–Trinajstić information content (AvgIpc) is 3.55. The first-order valence-electron chi connectivity index (χ1n) is 13.6. The smallest absolute Gasteiger partial charge is 0.348 e. The largest absolute Gasteiger partial charge is 0.462 e. The number of nitrogens with zero attached hydrogens (tertiary/aromatic N) is 3. The number of hydrogen-bond donors (Lipinski definition) is 2. The second-order valence-corrected chi connectivity index (χ2v) is 11.1. The van der Waals surface area contributed by atoms with E-state index in [0.29, 0.717) is 23.1 Å². The number of anilines is 1. The number of ether oxygens (including phenoxy) is 2. The summed E-state index contributed by atoms with van der Waals surface area (Å²) in [4.78, 5) is 51.0. The van der Waals surface area contributed by atoms with Gasteiger partial charge in [-0.1, -0.05) is 54.2 Å². The van der Waals surface area contributed by atoms with Gasteiger partial charge in [-0.3, -0.25) is 9.59 Å². The molecule has 2 aromatic heterocycles. The van der Waals surface area contributed by atoms with Crippen molar-refractivity contribution in [3.8, 4) is 0 Å². The molecule has 0 unspecified atom stereocenters. The summed E-state index contributed by atoms with van der Waals surface area (Å²) in [5.41, 5.74) is 1.29. The van der Waals surface area contributed by atoms with Gasteiger partial charge >= 0.3 is 11.9 Å². The molecule has 0 aliphatic carbocycles. The molecule has 0 bridgehead atoms. The average molecular weight is 640 g/mol. The van der Waals surface area contributed by atoms with Gasteiger partial charge in [-0.05, 0) is 44.0 Å². The first-order chi connectivity index (χ1) is 21.2. The molecule has 4 rings (SSSR count). The zero-order chi connectivity index (χ0) is 31.6. The number of halogens is 1. The van der Waals surface area contributed by atoms with Gasteiger partial charge < -0.3 is 24.7 Å². The van der Waals surface area contributed by atoms with Crippen LogP contribution in [0, 0.1) is 12.7 Å². The van der Waals surface area contributed by atoms with Gasteiger partial charge in [-0.2, -0.15) is 0 Å². The van der Waals surface area contributed by atoms with Crippen LogP contribution in [0.2, 0.25) is 0 Å². The molecule has 2 N–H and O–H groups in total. The Hall–Kier alpha value is -4.56. The third kappa shape index (κ3) is 7.88. The minimum atomic E-state index is -0.663. The van der Waals surface area contributed by atoms with Gasteiger partial charge in [-0.15, -0.1) is 21.5 Å². The summed E-state index contributed by atoms with van der Waals surface area (Å²) in [5.74, 6) is -2.66. The second kappa shape index (κ2) is 15.3. The highest BCUT2D eigenvalue weighted by Gasteiger charge is 2.27. The van der Waals surface area contributed by atoms with E-state index >= 15 is 0 Å². The summed E-state index contributed by atoms with van der Waals surface area (Å²) in [5, 5.41) is 14.4. The van der Waals surface area contributed by atoms with Gasteiger partial charge in [0.05, 0.1) is 43.2 Å². The molecule has 14 heteroatoms. The topological polar surface area (TPSA) is 142 Å². The predicted octanol–water partition coefficient (Wildman–Crippen LogP) is 4.85. The van der Waals surface area contributed by atoms with Crippen molar-refractivity contribution in [1.82, 2.24) is 20.1 Å². The number of aromatic nitrogens is 3. The van der Waals surface area contributed by atoms with Crippen LogP contribution in [-0.2, 0) is 27.4 Å². The summed E-state index contributed by atoms with van der Waals surface area (Å²) in [6, 6.07) is 15.1. The molecule has 0 saturated heterocycles. The van der Waals surface area contributed by atoms with Crippen molar-refractivity contribution in [2.45, 2.75) is 39.0 Å². The van der Waals surface area contributed by atoms with E-state index in [9.17, 15) is 23.6 Å². The Labute approximate surface area is 261 Å². The van der Waals surface area contributed by atoms with Crippen molar-refractivity contribution in [1.29, 1.82) is 0 Å². The Morgan fingerprint density at radius 2 is 1.64 bits per heavy atom. The molecule has 0 spiro atoms. The molecule has 0 radical (unpaired) electrons. The Bertz CT molecular complexity index is 1660. The van der Waals surface area contributed by atoms with Crippen LogP contribution in [-0.4, -0.2) is 57.5 Å². The summed E-state index contributed by atoms with van der Waals surface area (Å²) in [6.45, 7) is 5.51. The molecular weight excluding hydrogens is 609 g/mol. The van der Waals surface area contributed by atoms with Gasteiger partial charge in [0.15, 0.2) is 11.0 Å². The maximum absolute atomic E-state index is 14.1. The van der Waals surface area contributed by atoms with E-state index in [0.717, 1.165) is 28.7 Å². The van der Waals surface area contributed by atoms with Crippen molar-refractivity contribution in [2.24, 2.45) is 0 Å². The van der Waals surface area contributed by atoms with Crippen molar-refractivity contribution in [2.75, 3.05) is 24.3 Å². The normalized spacial score (nSPS) is 10.7. The standard InChI is InChI=1S/C30H30FN5O6S2/c1-4-41-28(39)24-18(3)25(29(40)42-5-2)44-27(24)33-23(37)17-43-30-35-34-22(36(30)16-19-11-7-6-8-12-19)15-32-26(38)20-13-9-10-14-21(20)31/h6-14H,4-5,15-17H2,1-3H3,(H,32,38)(H,33,37). The van der Waals surface area contributed by atoms with Crippen LogP contribution in [0.4, 0.5) is 9.39 Å². The molecule has 44 heavy (non-hydrogen) atoms. The third-order valence-corrected chi connectivity index (χ3v) is 8.33. The van der Waals surface area contributed by atoms with E-state index in [1.54, 1.807) is 31.4 Å². The second-order valence-electron chi connectivity index (χ2n) is 9.17. The summed E-state index contributed by atoms with van der Waals surface area (Å²) in [6.07, 6.45) is 0. The zero-order valence-corrected chi connectivity index (χ0v) is 25.9. The SMILES string of the molecule is CCOC(=O)c1sc(NC(=O)CSc2nnc(CNC(=O)c3ccccc3F)n2Cc2ccccc2)c(C(=O)OCC)c1C. The number of carbonyl (C=O) groups excluding carboxylic acids is 4. The summed E-state index contributed by atoms with van der Waals surface area (Å²) in [7, 11) is 0. The predicted molar refractivity (Wildman–Crippen MR) is 163 cm³/mol. The fourth-order valence-corrected chi connectivity index (χ4v) is 5.98. The molecule has 0 aliphatic rings. The Morgan fingerprint density at radius 1 is 0.955 bits per heavy atom. The molecule has 0 atom stereocenters. The Balaban J connectivity index is 1.51. The van der Waals surface area contributed by atoms with Crippen LogP contribution < -0.4 is 10.6 Å². The highest BCUT2D eigenvalue weighted by atomic mass is 32.2. The van der Waals surface area contributed by atoms with Crippen molar-refractivity contribution < 1.29 is 33.0 Å². The van der Waals surface area contributed by atoms with Gasteiger partial charge in [0.25, 0.3) is 5.91 Å². The Morgan fingerprint density at radius 3 is 2.34 bits per heavy atom. The fraction of sp³-hybridized carbons (Fsp3) is 0.267. The van der Waals surface area contributed by atoms with Gasteiger partial charge in [0.2, 0.25) is 5.91 Å². The lowest BCUT2D eigenvalue weighted by atomic mass is 10.1. The van der Waals surface area contributed by atoms with Crippen LogP contribution >= 0.6 is 23.1 Å². The van der Waals surface area contributed by atoms with Crippen LogP contribution in [0.25, 0.3) is 0 Å². The number of benzene rings is 2. The van der Waals surface area contributed by atoms with Crippen molar-refractivity contribution in [3.05, 3.63) is 93.4 Å². The van der Waals surface area contributed by atoms with E-state index < -0.39 is 29.6 Å². The van der Waals surface area contributed by atoms with Gasteiger partial charge in [0.1, 0.15) is 15.7 Å². The fourth-order valence-electron chi connectivity index (χ4n) is 4.12. The first-order valence-corrected chi connectivity index (χ1v) is 15.4. The number of esters is 2. The first kappa shape index (κ1) is 32.4. The molecule has 11 nitrogen and oxygen atoms in total. The third-order valence-electron chi connectivity index (χ3n) is 6.17. The van der Waals surface area contributed by atoms with Crippen LogP contribution in [0.15, 0.2) is 59.8 Å². The number of amides is 2. The van der Waals surface area contributed by atoms with E-state index in [-0.39, 0.29) is 46.5 Å². The Kier molecular flexibility index (Phi) is 11.2. The minimum Gasteiger partial charge on any atom is -0.462 e. The van der Waals surface area contributed by atoms with E-state index in [1.807, 2.05) is 30.3 Å². The van der Waals surface area contributed by atoms with Gasteiger partial charge in [0, 0.05) is 0 Å². The molecule has 230 valence electrons. The number of thioether (sulfide) groups is 1. The molecule has 4 aromatic rings. The van der Waals surface area contributed by atoms with E-state index in [1.165, 1.54) is 18.2 Å². The number of nitrogens with one attached hydrogen (secondary N) is 2. The molecular formula is C30H30FN5O6S2. The highest BCUT2D eigenvalue weighted by Crippen LogP contribution is 2.34. The zero-order valence-electron chi connectivity index (χ0n) is 24.2. The molecule has 2 heterocycles. The van der Waals surface area contributed by atoms with Crippen LogP contribution in [0.5, 0.6) is 0 Å². The monoisotopic (exact) mass is 639 g/mol. The lowest BCUT2D eigenvalue weighted by molar-refractivity contribution is -0.113. The van der Waals surface area contributed by atoms with Crippen molar-refractivity contribution >= 4 is 51.9 Å². The summed E-state index contributed by atoms with van der Waals surface area (Å²) >= 11 is 2.04. The maximum Gasteiger partial charge on any atom is 0.348 e. The summed E-state index contributed by atoms with van der Waals surface area (Å²) < 4.78 is 26.1. The van der Waals surface area contributed by atoms with E-state index in [2.05, 4.69) is 20.8 Å². The number of hydrogen-bond acceptors (Lipinski definition) is 10. The van der Waals surface area contributed by atoms with Crippen LogP contribution in [0.3, 0.4) is 0 Å². The minimum absolute atomic E-state index is 0.0340. The van der Waals surface area contributed by atoms with Gasteiger partial charge in [-0.25, -0.2) is 14.0 Å². The molecule has 0 saturated carbocycles. The molecule has 2 aromatic carbocycles. The molecule has 0 fully saturated rings. The maximum atomic E-state index is 14.1. The van der Waals surface area contributed by atoms with E-state index in [4.69, 9.17) is 9.47 Å². The number of thiophene rings is 1. The van der Waals surface area contributed by atoms with Crippen LogP contribution in [0.1, 0.15) is 61.2 Å². The molecule has 2 amide bonds. The quantitative estimate of drug-likeness (QED) is 0.155. The highest BCUT2D eigenvalue weighted by molar-refractivity contribution is 7.99. The van der Waals surface area contributed by atoms with Crippen molar-refractivity contribution in [3.63, 3.8) is 0 Å². The lowest BCUT2D eigenvalue weighted by Gasteiger charge is -2.11.